The number of nitrogens with one attached hydrogen (secondary N) is 1. The summed E-state index contributed by atoms with van der Waals surface area (Å²) in [5.74, 6) is 0.367. The first-order valence-corrected chi connectivity index (χ1v) is 7.44. The van der Waals surface area contributed by atoms with Gasteiger partial charge in [0.2, 0.25) is 5.91 Å². The van der Waals surface area contributed by atoms with Gasteiger partial charge in [-0.15, -0.1) is 0 Å². The molecule has 20 heavy (non-hydrogen) atoms. The van der Waals surface area contributed by atoms with Crippen molar-refractivity contribution in [1.82, 2.24) is 4.90 Å². The summed E-state index contributed by atoms with van der Waals surface area (Å²) in [7, 11) is 0. The maximum atomic E-state index is 12.1. The number of amides is 1. The third-order valence-corrected chi connectivity index (χ3v) is 4.33. The van der Waals surface area contributed by atoms with Gasteiger partial charge in [0.15, 0.2) is 0 Å². The van der Waals surface area contributed by atoms with E-state index in [1.165, 1.54) is 0 Å². The minimum Gasteiger partial charge on any atom is -0.330 e. The number of likely N-dealkylation sites (tertiary alicyclic amines) is 1. The van der Waals surface area contributed by atoms with Gasteiger partial charge < -0.3 is 11.1 Å². The number of para-hydroxylation sites is 1. The van der Waals surface area contributed by atoms with Gasteiger partial charge in [0.05, 0.1) is 22.3 Å². The largest absolute Gasteiger partial charge is 0.330 e. The topological polar surface area (TPSA) is 58.4 Å². The van der Waals surface area contributed by atoms with Gasteiger partial charge in [0, 0.05) is 12.6 Å². The molecule has 0 saturated carbocycles. The van der Waals surface area contributed by atoms with Crippen molar-refractivity contribution in [2.45, 2.75) is 19.4 Å². The van der Waals surface area contributed by atoms with Crippen LogP contribution in [0, 0.1) is 5.92 Å². The lowest BCUT2D eigenvalue weighted by Gasteiger charge is -2.20. The van der Waals surface area contributed by atoms with E-state index in [1.54, 1.807) is 18.2 Å². The number of nitrogens with two attached hydrogens (primary N) is 1. The summed E-state index contributed by atoms with van der Waals surface area (Å²) in [6, 6.07) is 5.52. The van der Waals surface area contributed by atoms with Gasteiger partial charge in [-0.05, 0) is 37.9 Å². The number of carbonyl (C=O) groups is 1. The summed E-state index contributed by atoms with van der Waals surface area (Å²) in [5, 5.41) is 3.67. The van der Waals surface area contributed by atoms with Crippen molar-refractivity contribution in [2.24, 2.45) is 11.7 Å². The lowest BCUT2D eigenvalue weighted by Crippen LogP contribution is -2.36. The Morgan fingerprint density at radius 3 is 2.65 bits per heavy atom. The molecule has 0 bridgehead atoms. The Morgan fingerprint density at radius 1 is 1.45 bits per heavy atom. The Kier molecular flexibility index (Phi) is 5.27. The molecule has 0 aliphatic carbocycles. The molecule has 1 aromatic rings. The van der Waals surface area contributed by atoms with Crippen LogP contribution >= 0.6 is 23.2 Å². The highest BCUT2D eigenvalue weighted by Crippen LogP contribution is 2.30. The average molecular weight is 316 g/mol. The molecule has 1 fully saturated rings. The molecule has 110 valence electrons. The maximum absolute atomic E-state index is 12.1. The molecule has 1 amide bonds. The van der Waals surface area contributed by atoms with Crippen LogP contribution in [0.25, 0.3) is 0 Å². The Balaban J connectivity index is 1.96. The lowest BCUT2D eigenvalue weighted by atomic mass is 10.1. The third-order valence-electron chi connectivity index (χ3n) is 3.70. The van der Waals surface area contributed by atoms with E-state index in [4.69, 9.17) is 28.9 Å². The first-order chi connectivity index (χ1) is 9.51. The molecule has 1 heterocycles. The standard InChI is InChI=1S/C14H19Cl2N3O/c1-9-5-10(6-17)7-19(9)8-13(20)18-14-11(15)3-2-4-12(14)16/h2-4,9-10H,5-8,17H2,1H3,(H,18,20). The first-order valence-electron chi connectivity index (χ1n) is 6.69. The number of halogens is 2. The summed E-state index contributed by atoms with van der Waals surface area (Å²) in [5.41, 5.74) is 6.17. The van der Waals surface area contributed by atoms with E-state index in [0.717, 1.165) is 13.0 Å². The predicted molar refractivity (Wildman–Crippen MR) is 83.3 cm³/mol. The second kappa shape index (κ2) is 6.76. The van der Waals surface area contributed by atoms with Crippen LogP contribution in [-0.4, -0.2) is 36.5 Å². The molecule has 3 N–H and O–H groups in total. The average Bonchev–Trinajstić information content (AvgIpc) is 2.75. The zero-order valence-corrected chi connectivity index (χ0v) is 12.9. The van der Waals surface area contributed by atoms with Gasteiger partial charge in [-0.3, -0.25) is 9.69 Å². The summed E-state index contributed by atoms with van der Waals surface area (Å²) in [6.07, 6.45) is 1.04. The van der Waals surface area contributed by atoms with Crippen LogP contribution in [0.5, 0.6) is 0 Å². The van der Waals surface area contributed by atoms with Crippen LogP contribution in [-0.2, 0) is 4.79 Å². The second-order valence-electron chi connectivity index (χ2n) is 5.26. The minimum absolute atomic E-state index is 0.107. The van der Waals surface area contributed by atoms with Gasteiger partial charge in [-0.1, -0.05) is 29.3 Å². The molecule has 1 aromatic carbocycles. The Bertz CT molecular complexity index is 475. The lowest BCUT2D eigenvalue weighted by molar-refractivity contribution is -0.117. The predicted octanol–water partition coefficient (Wildman–Crippen LogP) is 2.60. The zero-order valence-electron chi connectivity index (χ0n) is 11.4. The molecule has 1 saturated heterocycles. The van der Waals surface area contributed by atoms with Gasteiger partial charge in [-0.2, -0.15) is 0 Å². The molecule has 0 radical (unpaired) electrons. The van der Waals surface area contributed by atoms with Crippen LogP contribution in [0.2, 0.25) is 10.0 Å². The molecule has 1 aliphatic heterocycles. The van der Waals surface area contributed by atoms with Crippen LogP contribution in [0.15, 0.2) is 18.2 Å². The number of nitrogens with zero attached hydrogens (tertiary/aromatic N) is 1. The van der Waals surface area contributed by atoms with Crippen molar-refractivity contribution < 1.29 is 4.79 Å². The molecule has 6 heteroatoms. The van der Waals surface area contributed by atoms with Gasteiger partial charge in [-0.25, -0.2) is 0 Å². The van der Waals surface area contributed by atoms with Crippen LogP contribution in [0.1, 0.15) is 13.3 Å². The third kappa shape index (κ3) is 3.64. The highest BCUT2D eigenvalue weighted by molar-refractivity contribution is 6.39. The van der Waals surface area contributed by atoms with Crippen molar-refractivity contribution in [1.29, 1.82) is 0 Å². The Labute approximate surface area is 129 Å². The quantitative estimate of drug-likeness (QED) is 0.898. The number of hydrogen-bond acceptors (Lipinski definition) is 3. The van der Waals surface area contributed by atoms with Crippen molar-refractivity contribution in [3.8, 4) is 0 Å². The fraction of sp³-hybridized carbons (Fsp3) is 0.500. The van der Waals surface area contributed by atoms with Gasteiger partial charge in [0.25, 0.3) is 0 Å². The monoisotopic (exact) mass is 315 g/mol. The highest BCUT2D eigenvalue weighted by Gasteiger charge is 2.29. The van der Waals surface area contributed by atoms with Crippen molar-refractivity contribution >= 4 is 34.8 Å². The number of rotatable bonds is 4. The summed E-state index contributed by atoms with van der Waals surface area (Å²) < 4.78 is 0. The molecule has 4 nitrogen and oxygen atoms in total. The number of carbonyl (C=O) groups excluding carboxylic acids is 1. The highest BCUT2D eigenvalue weighted by atomic mass is 35.5. The molecule has 0 aromatic heterocycles. The van der Waals surface area contributed by atoms with E-state index in [2.05, 4.69) is 17.1 Å². The number of anilines is 1. The smallest absolute Gasteiger partial charge is 0.238 e. The molecule has 1 aliphatic rings. The molecule has 2 atom stereocenters. The number of hydrogen-bond donors (Lipinski definition) is 2. The molecule has 0 spiro atoms. The minimum atomic E-state index is -0.107. The van der Waals surface area contributed by atoms with E-state index < -0.39 is 0 Å². The molecular weight excluding hydrogens is 297 g/mol. The van der Waals surface area contributed by atoms with E-state index in [9.17, 15) is 4.79 Å². The van der Waals surface area contributed by atoms with E-state index in [0.29, 0.717) is 40.8 Å². The molecular formula is C14H19Cl2N3O. The zero-order chi connectivity index (χ0) is 14.7. The van der Waals surface area contributed by atoms with E-state index in [-0.39, 0.29) is 5.91 Å². The first kappa shape index (κ1) is 15.6. The normalized spacial score (nSPS) is 23.0. The molecule has 2 rings (SSSR count). The van der Waals surface area contributed by atoms with Crippen molar-refractivity contribution in [3.05, 3.63) is 28.2 Å². The van der Waals surface area contributed by atoms with Crippen molar-refractivity contribution in [2.75, 3.05) is 25.0 Å². The van der Waals surface area contributed by atoms with Crippen molar-refractivity contribution in [3.63, 3.8) is 0 Å². The van der Waals surface area contributed by atoms with Crippen LogP contribution < -0.4 is 11.1 Å². The van der Waals surface area contributed by atoms with Crippen LogP contribution in [0.4, 0.5) is 5.69 Å². The maximum Gasteiger partial charge on any atom is 0.238 e. The summed E-state index contributed by atoms with van der Waals surface area (Å²) in [4.78, 5) is 14.2. The Hall–Kier alpha value is -0.810. The van der Waals surface area contributed by atoms with Crippen LogP contribution in [0.3, 0.4) is 0 Å². The SMILES string of the molecule is CC1CC(CN)CN1CC(=O)Nc1c(Cl)cccc1Cl. The van der Waals surface area contributed by atoms with E-state index in [1.807, 2.05) is 0 Å². The second-order valence-corrected chi connectivity index (χ2v) is 6.08. The Morgan fingerprint density at radius 2 is 2.10 bits per heavy atom. The van der Waals surface area contributed by atoms with Gasteiger partial charge in [0.1, 0.15) is 0 Å². The summed E-state index contributed by atoms with van der Waals surface area (Å²) in [6.45, 7) is 3.98. The fourth-order valence-corrected chi connectivity index (χ4v) is 3.08. The van der Waals surface area contributed by atoms with E-state index >= 15 is 0 Å². The van der Waals surface area contributed by atoms with Gasteiger partial charge >= 0.3 is 0 Å². The number of benzene rings is 1. The fourth-order valence-electron chi connectivity index (χ4n) is 2.59. The summed E-state index contributed by atoms with van der Waals surface area (Å²) >= 11 is 12.1. The molecule has 2 unspecified atom stereocenters.